The number of hydrogen-bond acceptors (Lipinski definition) is 4. The third kappa shape index (κ3) is 3.70. The first-order valence-corrected chi connectivity index (χ1v) is 7.27. The maximum Gasteiger partial charge on any atom is 0.254 e. The molecule has 0 aromatic carbocycles. The summed E-state index contributed by atoms with van der Waals surface area (Å²) < 4.78 is 0. The largest absolute Gasteiger partial charge is 0.336 e. The summed E-state index contributed by atoms with van der Waals surface area (Å²) in [5.74, 6) is 6.63. The molecule has 0 bridgehead atoms. The van der Waals surface area contributed by atoms with Crippen molar-refractivity contribution in [2.45, 2.75) is 46.1 Å². The number of anilines is 1. The first kappa shape index (κ1) is 14.8. The SMILES string of the molecule is Cc1cc(C(=O)N(CCC(C)C)C2CC2)cc(NN)n1. The fraction of sp³-hybridized carbons (Fsp3) is 0.600. The van der Waals surface area contributed by atoms with E-state index in [1.54, 1.807) is 6.07 Å². The second-order valence-corrected chi connectivity index (χ2v) is 5.94. The summed E-state index contributed by atoms with van der Waals surface area (Å²) in [4.78, 5) is 18.9. The smallest absolute Gasteiger partial charge is 0.254 e. The number of hydrazine groups is 1. The Morgan fingerprint density at radius 1 is 1.50 bits per heavy atom. The Morgan fingerprint density at radius 2 is 2.20 bits per heavy atom. The molecule has 1 saturated carbocycles. The molecule has 20 heavy (non-hydrogen) atoms. The minimum absolute atomic E-state index is 0.0927. The normalized spacial score (nSPS) is 14.4. The van der Waals surface area contributed by atoms with Crippen molar-refractivity contribution >= 4 is 11.7 Å². The molecule has 0 saturated heterocycles. The Kier molecular flexibility index (Phi) is 4.60. The third-order valence-corrected chi connectivity index (χ3v) is 3.54. The standard InChI is InChI=1S/C15H24N4O/c1-10(2)6-7-19(13-4-5-13)15(20)12-8-11(3)17-14(9-12)18-16/h8-10,13H,4-7,16H2,1-3H3,(H,17,18). The van der Waals surface area contributed by atoms with E-state index in [0.29, 0.717) is 23.3 Å². The molecule has 0 unspecified atom stereocenters. The highest BCUT2D eigenvalue weighted by Gasteiger charge is 2.33. The highest BCUT2D eigenvalue weighted by molar-refractivity contribution is 5.95. The molecule has 0 spiro atoms. The fourth-order valence-electron chi connectivity index (χ4n) is 2.27. The molecule has 1 amide bonds. The predicted octanol–water partition coefficient (Wildman–Crippen LogP) is 2.33. The Hall–Kier alpha value is -1.62. The van der Waals surface area contributed by atoms with Gasteiger partial charge in [0.05, 0.1) is 0 Å². The van der Waals surface area contributed by atoms with Gasteiger partial charge in [-0.05, 0) is 44.2 Å². The van der Waals surface area contributed by atoms with Crippen molar-refractivity contribution in [3.63, 3.8) is 0 Å². The molecular formula is C15H24N4O. The minimum Gasteiger partial charge on any atom is -0.336 e. The van der Waals surface area contributed by atoms with Gasteiger partial charge >= 0.3 is 0 Å². The maximum absolute atomic E-state index is 12.7. The lowest BCUT2D eigenvalue weighted by Gasteiger charge is -2.23. The van der Waals surface area contributed by atoms with E-state index >= 15 is 0 Å². The molecule has 0 radical (unpaired) electrons. The van der Waals surface area contributed by atoms with E-state index in [1.807, 2.05) is 17.9 Å². The van der Waals surface area contributed by atoms with Gasteiger partial charge in [-0.25, -0.2) is 10.8 Å². The zero-order valence-electron chi connectivity index (χ0n) is 12.5. The van der Waals surface area contributed by atoms with Crippen LogP contribution in [-0.2, 0) is 0 Å². The van der Waals surface area contributed by atoms with Crippen LogP contribution in [0.2, 0.25) is 0 Å². The van der Waals surface area contributed by atoms with E-state index in [-0.39, 0.29) is 5.91 Å². The average molecular weight is 276 g/mol. The zero-order valence-corrected chi connectivity index (χ0v) is 12.5. The number of carbonyl (C=O) groups is 1. The van der Waals surface area contributed by atoms with Crippen LogP contribution in [0.25, 0.3) is 0 Å². The minimum atomic E-state index is 0.0927. The molecule has 110 valence electrons. The highest BCUT2D eigenvalue weighted by Crippen LogP contribution is 2.29. The van der Waals surface area contributed by atoms with Gasteiger partial charge in [0, 0.05) is 23.8 Å². The van der Waals surface area contributed by atoms with Crippen LogP contribution in [0.1, 0.15) is 49.2 Å². The quantitative estimate of drug-likeness (QED) is 0.618. The van der Waals surface area contributed by atoms with E-state index < -0.39 is 0 Å². The number of nitrogens with one attached hydrogen (secondary N) is 1. The van der Waals surface area contributed by atoms with Gasteiger partial charge in [-0.15, -0.1) is 0 Å². The summed E-state index contributed by atoms with van der Waals surface area (Å²) in [6.07, 6.45) is 3.28. The molecule has 1 heterocycles. The number of rotatable bonds is 6. The number of amides is 1. The number of nitrogen functional groups attached to an aromatic ring is 1. The first-order chi connectivity index (χ1) is 9.51. The number of pyridine rings is 1. The van der Waals surface area contributed by atoms with Gasteiger partial charge in [-0.3, -0.25) is 4.79 Å². The lowest BCUT2D eigenvalue weighted by atomic mass is 10.1. The molecule has 1 fully saturated rings. The van der Waals surface area contributed by atoms with E-state index in [1.165, 1.54) is 0 Å². The summed E-state index contributed by atoms with van der Waals surface area (Å²) in [5, 5.41) is 0. The second kappa shape index (κ2) is 6.22. The predicted molar refractivity (Wildman–Crippen MR) is 80.3 cm³/mol. The third-order valence-electron chi connectivity index (χ3n) is 3.54. The summed E-state index contributed by atoms with van der Waals surface area (Å²) in [6, 6.07) is 3.97. The van der Waals surface area contributed by atoms with Crippen molar-refractivity contribution in [2.24, 2.45) is 11.8 Å². The van der Waals surface area contributed by atoms with Crippen molar-refractivity contribution in [3.8, 4) is 0 Å². The summed E-state index contributed by atoms with van der Waals surface area (Å²) in [5.41, 5.74) is 3.98. The summed E-state index contributed by atoms with van der Waals surface area (Å²) in [6.45, 7) is 7.06. The van der Waals surface area contributed by atoms with Gasteiger partial charge in [0.2, 0.25) is 0 Å². The van der Waals surface area contributed by atoms with Gasteiger partial charge in [-0.2, -0.15) is 0 Å². The van der Waals surface area contributed by atoms with E-state index in [4.69, 9.17) is 5.84 Å². The molecule has 5 heteroatoms. The molecule has 1 aromatic rings. The van der Waals surface area contributed by atoms with Crippen molar-refractivity contribution in [3.05, 3.63) is 23.4 Å². The van der Waals surface area contributed by atoms with Crippen molar-refractivity contribution in [2.75, 3.05) is 12.0 Å². The lowest BCUT2D eigenvalue weighted by Crippen LogP contribution is -2.34. The van der Waals surface area contributed by atoms with Crippen LogP contribution in [0.5, 0.6) is 0 Å². The Labute approximate surface area is 120 Å². The molecular weight excluding hydrogens is 252 g/mol. The average Bonchev–Trinajstić information content (AvgIpc) is 3.22. The molecule has 2 rings (SSSR count). The van der Waals surface area contributed by atoms with Crippen molar-refractivity contribution in [1.82, 2.24) is 9.88 Å². The van der Waals surface area contributed by atoms with Crippen LogP contribution in [0.15, 0.2) is 12.1 Å². The Balaban J connectivity index is 2.16. The molecule has 0 atom stereocenters. The molecule has 1 aromatic heterocycles. The first-order valence-electron chi connectivity index (χ1n) is 7.27. The Bertz CT molecular complexity index is 483. The summed E-state index contributed by atoms with van der Waals surface area (Å²) in [7, 11) is 0. The molecule has 5 nitrogen and oxygen atoms in total. The highest BCUT2D eigenvalue weighted by atomic mass is 16.2. The number of carbonyl (C=O) groups excluding carboxylic acids is 1. The molecule has 0 aliphatic heterocycles. The summed E-state index contributed by atoms with van der Waals surface area (Å²) >= 11 is 0. The van der Waals surface area contributed by atoms with Crippen molar-refractivity contribution < 1.29 is 4.79 Å². The van der Waals surface area contributed by atoms with Crippen LogP contribution in [0.4, 0.5) is 5.82 Å². The van der Waals surface area contributed by atoms with Crippen LogP contribution < -0.4 is 11.3 Å². The Morgan fingerprint density at radius 3 is 2.75 bits per heavy atom. The lowest BCUT2D eigenvalue weighted by molar-refractivity contribution is 0.0735. The van der Waals surface area contributed by atoms with E-state index in [0.717, 1.165) is 31.5 Å². The van der Waals surface area contributed by atoms with Crippen LogP contribution in [0, 0.1) is 12.8 Å². The van der Waals surface area contributed by atoms with Crippen LogP contribution in [-0.4, -0.2) is 28.4 Å². The number of nitrogens with zero attached hydrogens (tertiary/aromatic N) is 2. The number of nitrogens with two attached hydrogens (primary N) is 1. The fourth-order valence-corrected chi connectivity index (χ4v) is 2.27. The topological polar surface area (TPSA) is 71.2 Å². The molecule has 1 aliphatic carbocycles. The van der Waals surface area contributed by atoms with Gasteiger partial charge in [-0.1, -0.05) is 13.8 Å². The van der Waals surface area contributed by atoms with Crippen LogP contribution >= 0.6 is 0 Å². The van der Waals surface area contributed by atoms with Crippen molar-refractivity contribution in [1.29, 1.82) is 0 Å². The van der Waals surface area contributed by atoms with Gasteiger partial charge in [0.1, 0.15) is 5.82 Å². The molecule has 1 aliphatic rings. The monoisotopic (exact) mass is 276 g/mol. The van der Waals surface area contributed by atoms with E-state index in [2.05, 4.69) is 24.3 Å². The van der Waals surface area contributed by atoms with Gasteiger partial charge in [0.15, 0.2) is 0 Å². The second-order valence-electron chi connectivity index (χ2n) is 5.94. The number of aromatic nitrogens is 1. The van der Waals surface area contributed by atoms with Gasteiger partial charge in [0.25, 0.3) is 5.91 Å². The molecule has 3 N–H and O–H groups in total. The maximum atomic E-state index is 12.7. The number of hydrogen-bond donors (Lipinski definition) is 2. The zero-order chi connectivity index (χ0) is 14.7. The number of aryl methyl sites for hydroxylation is 1. The van der Waals surface area contributed by atoms with E-state index in [9.17, 15) is 4.79 Å². The van der Waals surface area contributed by atoms with Gasteiger partial charge < -0.3 is 10.3 Å². The van der Waals surface area contributed by atoms with Crippen LogP contribution in [0.3, 0.4) is 0 Å².